The molecule has 0 radical (unpaired) electrons. The molecule has 1 fully saturated rings. The maximum absolute atomic E-state index is 5.60. The van der Waals surface area contributed by atoms with Gasteiger partial charge >= 0.3 is 0 Å². The predicted molar refractivity (Wildman–Crippen MR) is 41.7 cm³/mol. The molecular weight excluding hydrogens is 126 g/mol. The van der Waals surface area contributed by atoms with Crippen molar-refractivity contribution in [3.05, 3.63) is 12.2 Å². The Bertz CT molecular complexity index is 134. The fourth-order valence-electron chi connectivity index (χ4n) is 1.62. The molecule has 0 aliphatic heterocycles. The molecule has 2 N–H and O–H groups in total. The smallest absolute Gasteiger partial charge is 0.0536 e. The van der Waals surface area contributed by atoms with Gasteiger partial charge in [-0.15, -0.1) is 0 Å². The lowest BCUT2D eigenvalue weighted by molar-refractivity contribution is 0.0564. The largest absolute Gasteiger partial charge is 0.384 e. The van der Waals surface area contributed by atoms with Gasteiger partial charge in [0.15, 0.2) is 0 Å². The topological polar surface area (TPSA) is 35.2 Å². The molecule has 2 heteroatoms. The predicted octanol–water partition coefficient (Wildman–Crippen LogP) is 0.928. The minimum atomic E-state index is 0.242. The Balaban J connectivity index is 2.39. The highest BCUT2D eigenvalue weighted by molar-refractivity contribution is 5.15. The molecule has 1 saturated carbocycles. The van der Waals surface area contributed by atoms with Crippen molar-refractivity contribution in [1.29, 1.82) is 0 Å². The Kier molecular flexibility index (Phi) is 2.11. The molecule has 0 aromatic rings. The first-order valence-electron chi connectivity index (χ1n) is 3.58. The summed E-state index contributed by atoms with van der Waals surface area (Å²) < 4.78 is 5.07. The first kappa shape index (κ1) is 7.76. The molecule has 0 saturated heterocycles. The fraction of sp³-hybridized carbons (Fsp3) is 0.750. The molecule has 10 heavy (non-hydrogen) atoms. The van der Waals surface area contributed by atoms with Gasteiger partial charge in [0.1, 0.15) is 0 Å². The van der Waals surface area contributed by atoms with E-state index in [4.69, 9.17) is 10.5 Å². The van der Waals surface area contributed by atoms with Crippen LogP contribution in [0.4, 0.5) is 0 Å². The summed E-state index contributed by atoms with van der Waals surface area (Å²) in [5.74, 6) is 0. The third-order valence-electron chi connectivity index (χ3n) is 2.13. The zero-order valence-corrected chi connectivity index (χ0v) is 6.52. The Morgan fingerprint density at radius 3 is 2.60 bits per heavy atom. The van der Waals surface area contributed by atoms with E-state index in [-0.39, 0.29) is 5.41 Å². The minimum Gasteiger partial charge on any atom is -0.384 e. The van der Waals surface area contributed by atoms with E-state index in [2.05, 4.69) is 6.58 Å². The highest BCUT2D eigenvalue weighted by Gasteiger charge is 2.38. The van der Waals surface area contributed by atoms with E-state index in [1.807, 2.05) is 0 Å². The lowest BCUT2D eigenvalue weighted by Crippen LogP contribution is -2.42. The van der Waals surface area contributed by atoms with E-state index in [1.165, 1.54) is 5.57 Å². The van der Waals surface area contributed by atoms with Gasteiger partial charge in [0, 0.05) is 19.1 Å². The van der Waals surface area contributed by atoms with Crippen LogP contribution in [0, 0.1) is 5.41 Å². The highest BCUT2D eigenvalue weighted by atomic mass is 16.5. The molecule has 0 unspecified atom stereocenters. The van der Waals surface area contributed by atoms with Crippen molar-refractivity contribution in [3.63, 3.8) is 0 Å². The van der Waals surface area contributed by atoms with Crippen LogP contribution in [-0.2, 0) is 4.74 Å². The molecule has 0 aromatic heterocycles. The van der Waals surface area contributed by atoms with E-state index < -0.39 is 0 Å². The lowest BCUT2D eigenvalue weighted by atomic mass is 9.66. The Morgan fingerprint density at radius 1 is 1.70 bits per heavy atom. The summed E-state index contributed by atoms with van der Waals surface area (Å²) in [7, 11) is 1.72. The molecule has 1 rings (SSSR count). The van der Waals surface area contributed by atoms with Gasteiger partial charge in [0.05, 0.1) is 6.61 Å². The number of allylic oxidation sites excluding steroid dienone is 1. The van der Waals surface area contributed by atoms with Gasteiger partial charge in [-0.25, -0.2) is 0 Å². The summed E-state index contributed by atoms with van der Waals surface area (Å²) in [6.07, 6.45) is 2.11. The van der Waals surface area contributed by atoms with Gasteiger partial charge in [-0.1, -0.05) is 12.2 Å². The minimum absolute atomic E-state index is 0.242. The van der Waals surface area contributed by atoms with Crippen LogP contribution in [0.5, 0.6) is 0 Å². The number of hydrogen-bond acceptors (Lipinski definition) is 2. The normalized spacial score (nSPS) is 22.4. The van der Waals surface area contributed by atoms with Crippen LogP contribution in [0.3, 0.4) is 0 Å². The summed E-state index contributed by atoms with van der Waals surface area (Å²) in [5, 5.41) is 0. The van der Waals surface area contributed by atoms with Crippen LogP contribution >= 0.6 is 0 Å². The zero-order chi connectivity index (χ0) is 7.61. The van der Waals surface area contributed by atoms with E-state index in [0.717, 1.165) is 26.0 Å². The Labute approximate surface area is 62.1 Å². The van der Waals surface area contributed by atoms with Crippen LogP contribution in [0.25, 0.3) is 0 Å². The van der Waals surface area contributed by atoms with E-state index >= 15 is 0 Å². The molecule has 58 valence electrons. The molecule has 0 heterocycles. The van der Waals surface area contributed by atoms with Gasteiger partial charge < -0.3 is 10.5 Å². The molecular formula is C8H15NO. The summed E-state index contributed by atoms with van der Waals surface area (Å²) in [5.41, 5.74) is 7.15. The van der Waals surface area contributed by atoms with Gasteiger partial charge in [0.2, 0.25) is 0 Å². The number of nitrogens with two attached hydrogens (primary N) is 1. The summed E-state index contributed by atoms with van der Waals surface area (Å²) in [6, 6.07) is 0. The van der Waals surface area contributed by atoms with Gasteiger partial charge in [0.25, 0.3) is 0 Å². The number of hydrogen-bond donors (Lipinski definition) is 1. The molecule has 0 aromatic carbocycles. The van der Waals surface area contributed by atoms with E-state index in [0.29, 0.717) is 0 Å². The Hall–Kier alpha value is -0.340. The van der Waals surface area contributed by atoms with Crippen LogP contribution in [0.2, 0.25) is 0 Å². The fourth-order valence-corrected chi connectivity index (χ4v) is 1.62. The standard InChI is InChI=1S/C8H15NO/c1-7-3-8(4-7,5-9)6-10-2/h1,3-6,9H2,2H3. The average Bonchev–Trinajstić information content (AvgIpc) is 1.84. The lowest BCUT2D eigenvalue weighted by Gasteiger charge is -2.42. The summed E-state index contributed by atoms with van der Waals surface area (Å²) in [6.45, 7) is 5.38. The molecule has 1 aliphatic carbocycles. The average molecular weight is 141 g/mol. The second-order valence-electron chi connectivity index (χ2n) is 3.24. The molecule has 0 spiro atoms. The second kappa shape index (κ2) is 2.72. The monoisotopic (exact) mass is 141 g/mol. The Morgan fingerprint density at radius 2 is 2.30 bits per heavy atom. The second-order valence-corrected chi connectivity index (χ2v) is 3.24. The molecule has 0 amide bonds. The van der Waals surface area contributed by atoms with Crippen molar-refractivity contribution in [3.8, 4) is 0 Å². The third kappa shape index (κ3) is 1.22. The maximum atomic E-state index is 5.60. The molecule has 0 bridgehead atoms. The van der Waals surface area contributed by atoms with E-state index in [1.54, 1.807) is 7.11 Å². The van der Waals surface area contributed by atoms with Gasteiger partial charge in [-0.05, 0) is 12.8 Å². The van der Waals surface area contributed by atoms with Gasteiger partial charge in [-0.2, -0.15) is 0 Å². The van der Waals surface area contributed by atoms with Crippen molar-refractivity contribution >= 4 is 0 Å². The quantitative estimate of drug-likeness (QED) is 0.593. The first-order chi connectivity index (χ1) is 4.72. The number of rotatable bonds is 3. The van der Waals surface area contributed by atoms with Crippen molar-refractivity contribution in [2.24, 2.45) is 11.1 Å². The van der Waals surface area contributed by atoms with Gasteiger partial charge in [-0.3, -0.25) is 0 Å². The maximum Gasteiger partial charge on any atom is 0.0536 e. The van der Waals surface area contributed by atoms with Crippen LogP contribution in [-0.4, -0.2) is 20.3 Å². The summed E-state index contributed by atoms with van der Waals surface area (Å²) in [4.78, 5) is 0. The number of ether oxygens (including phenoxy) is 1. The van der Waals surface area contributed by atoms with Crippen molar-refractivity contribution < 1.29 is 4.74 Å². The zero-order valence-electron chi connectivity index (χ0n) is 6.52. The van der Waals surface area contributed by atoms with Crippen LogP contribution < -0.4 is 5.73 Å². The third-order valence-corrected chi connectivity index (χ3v) is 2.13. The molecule has 0 atom stereocenters. The molecule has 2 nitrogen and oxygen atoms in total. The first-order valence-corrected chi connectivity index (χ1v) is 3.58. The van der Waals surface area contributed by atoms with Crippen molar-refractivity contribution in [1.82, 2.24) is 0 Å². The SMILES string of the molecule is C=C1CC(CN)(COC)C1. The number of methoxy groups -OCH3 is 1. The molecule has 1 aliphatic rings. The van der Waals surface area contributed by atoms with Crippen LogP contribution in [0.15, 0.2) is 12.2 Å². The van der Waals surface area contributed by atoms with Crippen molar-refractivity contribution in [2.75, 3.05) is 20.3 Å². The highest BCUT2D eigenvalue weighted by Crippen LogP contribution is 2.43. The van der Waals surface area contributed by atoms with Crippen LogP contribution in [0.1, 0.15) is 12.8 Å². The van der Waals surface area contributed by atoms with E-state index in [9.17, 15) is 0 Å². The van der Waals surface area contributed by atoms with Crippen molar-refractivity contribution in [2.45, 2.75) is 12.8 Å². The summed E-state index contributed by atoms with van der Waals surface area (Å²) >= 11 is 0.